The normalized spacial score (nSPS) is 17.3. The minimum Gasteiger partial charge on any atom is -0.491 e. The van der Waals surface area contributed by atoms with E-state index < -0.39 is 0 Å². The lowest BCUT2D eigenvalue weighted by Crippen LogP contribution is -2.44. The highest BCUT2D eigenvalue weighted by molar-refractivity contribution is 5.65. The molecule has 0 saturated carbocycles. The zero-order valence-electron chi connectivity index (χ0n) is 15.3. The maximum absolute atomic E-state index is 10.9. The summed E-state index contributed by atoms with van der Waals surface area (Å²) in [5.74, 6) is 4.49. The van der Waals surface area contributed by atoms with E-state index in [1.807, 2.05) is 36.4 Å². The van der Waals surface area contributed by atoms with Gasteiger partial charge in [0, 0.05) is 25.6 Å². The van der Waals surface area contributed by atoms with Crippen LogP contribution in [0.2, 0.25) is 0 Å². The minimum atomic E-state index is -0.322. The Morgan fingerprint density at radius 2 is 2.19 bits per heavy atom. The van der Waals surface area contributed by atoms with Gasteiger partial charge in [0.2, 0.25) is 0 Å². The largest absolute Gasteiger partial charge is 0.491 e. The van der Waals surface area contributed by atoms with Gasteiger partial charge in [-0.05, 0) is 30.3 Å². The Hall–Kier alpha value is -2.75. The monoisotopic (exact) mass is 369 g/mol. The van der Waals surface area contributed by atoms with Gasteiger partial charge >= 0.3 is 5.97 Å². The van der Waals surface area contributed by atoms with Gasteiger partial charge in [0.15, 0.2) is 0 Å². The number of ether oxygens (including phenoxy) is 3. The lowest BCUT2D eigenvalue weighted by Gasteiger charge is -2.32. The first-order chi connectivity index (χ1) is 13.1. The molecule has 1 saturated heterocycles. The molecular weight excluding hydrogens is 346 g/mol. The number of carbonyl (C=O) groups excluding carboxylic acids is 1. The fourth-order valence-electron chi connectivity index (χ4n) is 2.87. The lowest BCUT2D eigenvalue weighted by molar-refractivity contribution is -0.142. The van der Waals surface area contributed by atoms with Crippen LogP contribution < -0.4 is 4.74 Å². The highest BCUT2D eigenvalue weighted by Gasteiger charge is 2.22. The van der Waals surface area contributed by atoms with E-state index in [9.17, 15) is 4.79 Å². The number of benzene rings is 1. The summed E-state index contributed by atoms with van der Waals surface area (Å²) in [6.45, 7) is 4.87. The Morgan fingerprint density at radius 1 is 1.33 bits per heavy atom. The van der Waals surface area contributed by atoms with Gasteiger partial charge < -0.3 is 18.6 Å². The smallest absolute Gasteiger partial charge is 0.303 e. The van der Waals surface area contributed by atoms with Crippen molar-refractivity contribution in [3.05, 3.63) is 53.5 Å². The maximum atomic E-state index is 10.9. The minimum absolute atomic E-state index is 0.0243. The van der Waals surface area contributed by atoms with Crippen molar-refractivity contribution in [2.45, 2.75) is 26.2 Å². The molecule has 2 aromatic rings. The summed E-state index contributed by atoms with van der Waals surface area (Å²) in [4.78, 5) is 13.1. The van der Waals surface area contributed by atoms with Crippen molar-refractivity contribution in [3.63, 3.8) is 0 Å². The quantitative estimate of drug-likeness (QED) is 0.552. The third-order valence-electron chi connectivity index (χ3n) is 4.17. The topological polar surface area (TPSA) is 61.1 Å². The maximum Gasteiger partial charge on any atom is 0.303 e. The van der Waals surface area contributed by atoms with Crippen molar-refractivity contribution in [2.24, 2.45) is 0 Å². The summed E-state index contributed by atoms with van der Waals surface area (Å²) in [7, 11) is 0. The second-order valence-corrected chi connectivity index (χ2v) is 6.36. The van der Waals surface area contributed by atoms with Gasteiger partial charge in [-0.2, -0.15) is 0 Å². The standard InChI is InChI=1S/C21H23NO5/c1-3-17-5-4-6-18(11-17)26-15-21-13-22(9-10-24-21)12-19-7-8-20(27-19)14-25-16(2)23/h1,4-8,11,21H,9-10,12-15H2,2H3. The van der Waals surface area contributed by atoms with Crippen LogP contribution in [0.5, 0.6) is 5.75 Å². The van der Waals surface area contributed by atoms with Crippen LogP contribution in [0.4, 0.5) is 0 Å². The third-order valence-corrected chi connectivity index (χ3v) is 4.17. The van der Waals surface area contributed by atoms with E-state index in [0.717, 1.165) is 30.2 Å². The summed E-state index contributed by atoms with van der Waals surface area (Å²) in [5.41, 5.74) is 0.793. The molecule has 1 atom stereocenters. The number of esters is 1. The number of hydrogen-bond acceptors (Lipinski definition) is 6. The number of nitrogens with zero attached hydrogens (tertiary/aromatic N) is 1. The van der Waals surface area contributed by atoms with E-state index >= 15 is 0 Å². The van der Waals surface area contributed by atoms with Gasteiger partial charge in [-0.1, -0.05) is 12.0 Å². The van der Waals surface area contributed by atoms with Crippen LogP contribution in [0.25, 0.3) is 0 Å². The van der Waals surface area contributed by atoms with E-state index in [1.165, 1.54) is 6.92 Å². The molecule has 6 heteroatoms. The second-order valence-electron chi connectivity index (χ2n) is 6.36. The Morgan fingerprint density at radius 3 is 3.00 bits per heavy atom. The first kappa shape index (κ1) is 19.0. The number of carbonyl (C=O) groups is 1. The van der Waals surface area contributed by atoms with Gasteiger partial charge in [-0.3, -0.25) is 9.69 Å². The molecule has 1 aromatic carbocycles. The van der Waals surface area contributed by atoms with Gasteiger partial charge in [0.1, 0.15) is 36.6 Å². The van der Waals surface area contributed by atoms with Crippen molar-refractivity contribution in [2.75, 3.05) is 26.3 Å². The molecule has 142 valence electrons. The molecule has 0 N–H and O–H groups in total. The van der Waals surface area contributed by atoms with Crippen LogP contribution in [0, 0.1) is 12.3 Å². The molecule has 0 radical (unpaired) electrons. The van der Waals surface area contributed by atoms with Crippen LogP contribution in [0.1, 0.15) is 24.0 Å². The van der Waals surface area contributed by atoms with E-state index in [2.05, 4.69) is 10.8 Å². The Balaban J connectivity index is 1.47. The van der Waals surface area contributed by atoms with Crippen molar-refractivity contribution in [1.29, 1.82) is 0 Å². The van der Waals surface area contributed by atoms with Crippen LogP contribution >= 0.6 is 0 Å². The average molecular weight is 369 g/mol. The number of morpholine rings is 1. The van der Waals surface area contributed by atoms with E-state index in [-0.39, 0.29) is 18.7 Å². The summed E-state index contributed by atoms with van der Waals surface area (Å²) in [6, 6.07) is 11.2. The molecular formula is C21H23NO5. The molecule has 0 spiro atoms. The van der Waals surface area contributed by atoms with Gasteiger partial charge in [-0.25, -0.2) is 0 Å². The molecule has 1 aliphatic heterocycles. The predicted molar refractivity (Wildman–Crippen MR) is 99.1 cm³/mol. The van der Waals surface area contributed by atoms with Crippen molar-refractivity contribution < 1.29 is 23.4 Å². The Bertz CT molecular complexity index is 807. The van der Waals surface area contributed by atoms with Gasteiger partial charge in [0.25, 0.3) is 0 Å². The summed E-state index contributed by atoms with van der Waals surface area (Å²) in [5, 5.41) is 0. The molecule has 1 aliphatic rings. The highest BCUT2D eigenvalue weighted by Crippen LogP contribution is 2.17. The molecule has 0 bridgehead atoms. The Kier molecular flexibility index (Phi) is 6.53. The average Bonchev–Trinajstić information content (AvgIpc) is 3.12. The summed E-state index contributed by atoms with van der Waals surface area (Å²) < 4.78 is 22.3. The fraction of sp³-hybridized carbons (Fsp3) is 0.381. The third kappa shape index (κ3) is 5.88. The summed E-state index contributed by atoms with van der Waals surface area (Å²) >= 11 is 0. The first-order valence-electron chi connectivity index (χ1n) is 8.87. The number of hydrogen-bond donors (Lipinski definition) is 0. The molecule has 27 heavy (non-hydrogen) atoms. The van der Waals surface area contributed by atoms with Crippen molar-refractivity contribution in [3.8, 4) is 18.1 Å². The predicted octanol–water partition coefficient (Wildman–Crippen LogP) is 2.60. The van der Waals surface area contributed by atoms with E-state index in [4.69, 9.17) is 25.1 Å². The molecule has 0 aliphatic carbocycles. The summed E-state index contributed by atoms with van der Waals surface area (Å²) in [6.07, 6.45) is 5.39. The SMILES string of the molecule is C#Cc1cccc(OCC2CN(Cc3ccc(COC(C)=O)o3)CCO2)c1. The van der Waals surface area contributed by atoms with E-state index in [0.29, 0.717) is 25.5 Å². The zero-order valence-corrected chi connectivity index (χ0v) is 15.3. The van der Waals surface area contributed by atoms with Crippen LogP contribution in [0.15, 0.2) is 40.8 Å². The number of terminal acetylenes is 1. The first-order valence-corrected chi connectivity index (χ1v) is 8.87. The van der Waals surface area contributed by atoms with Crippen LogP contribution in [0.3, 0.4) is 0 Å². The van der Waals surface area contributed by atoms with Crippen molar-refractivity contribution in [1.82, 2.24) is 4.90 Å². The fourth-order valence-corrected chi connectivity index (χ4v) is 2.87. The molecule has 3 rings (SSSR count). The number of furan rings is 1. The Labute approximate surface area is 159 Å². The molecule has 1 aromatic heterocycles. The molecule has 6 nitrogen and oxygen atoms in total. The zero-order chi connectivity index (χ0) is 19.1. The van der Waals surface area contributed by atoms with Crippen LogP contribution in [-0.4, -0.2) is 43.3 Å². The highest BCUT2D eigenvalue weighted by atomic mass is 16.5. The van der Waals surface area contributed by atoms with Gasteiger partial charge in [-0.15, -0.1) is 6.42 Å². The number of rotatable bonds is 7. The molecule has 0 amide bonds. The lowest BCUT2D eigenvalue weighted by atomic mass is 10.2. The van der Waals surface area contributed by atoms with Crippen molar-refractivity contribution >= 4 is 5.97 Å². The second kappa shape index (κ2) is 9.26. The molecule has 1 fully saturated rings. The molecule has 1 unspecified atom stereocenters. The van der Waals surface area contributed by atoms with Crippen LogP contribution in [-0.2, 0) is 27.4 Å². The van der Waals surface area contributed by atoms with E-state index in [1.54, 1.807) is 0 Å². The molecule has 2 heterocycles. The van der Waals surface area contributed by atoms with Gasteiger partial charge in [0.05, 0.1) is 13.2 Å².